The third-order valence-corrected chi connectivity index (χ3v) is 5.61. The zero-order valence-electron chi connectivity index (χ0n) is 15.9. The highest BCUT2D eigenvalue weighted by molar-refractivity contribution is 6.39. The molecule has 0 bridgehead atoms. The lowest BCUT2D eigenvalue weighted by Gasteiger charge is -2.20. The first-order valence-corrected chi connectivity index (χ1v) is 10.1. The summed E-state index contributed by atoms with van der Waals surface area (Å²) in [7, 11) is 0. The Morgan fingerprint density at radius 3 is 2.85 bits per heavy atom. The second-order valence-electron chi connectivity index (χ2n) is 7.84. The molecule has 1 N–H and O–H groups in total. The van der Waals surface area contributed by atoms with Gasteiger partial charge in [0.05, 0.1) is 0 Å². The van der Waals surface area contributed by atoms with Crippen molar-refractivity contribution >= 4 is 28.6 Å². The average molecular weight is 369 g/mol. The highest BCUT2D eigenvalue weighted by atomic mass is 16.3. The van der Waals surface area contributed by atoms with Crippen molar-refractivity contribution in [2.45, 2.75) is 57.8 Å². The number of likely N-dealkylation sites (tertiary alicyclic amines) is 1. The first-order chi connectivity index (χ1) is 13.1. The van der Waals surface area contributed by atoms with Crippen LogP contribution < -0.4 is 5.32 Å². The maximum Gasteiger partial charge on any atom is 0.313 e. The van der Waals surface area contributed by atoms with E-state index in [9.17, 15) is 9.59 Å². The molecule has 1 saturated heterocycles. The fraction of sp³-hybridized carbons (Fsp3) is 0.571. The molecular weight excluding hydrogens is 342 g/mol. The van der Waals surface area contributed by atoms with Crippen LogP contribution >= 0.6 is 0 Å². The second-order valence-corrected chi connectivity index (χ2v) is 7.84. The zero-order valence-corrected chi connectivity index (χ0v) is 15.9. The number of carbonyl (C=O) groups excluding carboxylic acids is 2. The third-order valence-electron chi connectivity index (χ3n) is 5.61. The molecule has 0 radical (unpaired) electrons. The largest absolute Gasteiger partial charge is 0.440 e. The van der Waals surface area contributed by atoms with Crippen LogP contribution in [-0.4, -0.2) is 34.8 Å². The Bertz CT molecular complexity index is 840. The van der Waals surface area contributed by atoms with Gasteiger partial charge in [-0.3, -0.25) is 9.59 Å². The Hall–Kier alpha value is -2.37. The highest BCUT2D eigenvalue weighted by Gasteiger charge is 2.29. The van der Waals surface area contributed by atoms with Crippen molar-refractivity contribution in [2.75, 3.05) is 18.4 Å². The Kier molecular flexibility index (Phi) is 5.14. The number of fused-ring (bicyclic) bond motifs is 1. The summed E-state index contributed by atoms with van der Waals surface area (Å²) in [5.41, 5.74) is 2.02. The second kappa shape index (κ2) is 7.71. The molecule has 1 aromatic carbocycles. The molecule has 2 fully saturated rings. The molecule has 6 heteroatoms. The predicted octanol–water partition coefficient (Wildman–Crippen LogP) is 4.07. The summed E-state index contributed by atoms with van der Waals surface area (Å²) in [5.74, 6) is 0.874. The number of benzene rings is 1. The number of anilines is 1. The fourth-order valence-corrected chi connectivity index (χ4v) is 3.92. The van der Waals surface area contributed by atoms with Crippen LogP contribution in [0, 0.1) is 5.92 Å². The number of oxazole rings is 1. The number of hydrogen-bond acceptors (Lipinski definition) is 4. The van der Waals surface area contributed by atoms with Crippen molar-refractivity contribution in [1.82, 2.24) is 9.88 Å². The van der Waals surface area contributed by atoms with Gasteiger partial charge in [0.2, 0.25) is 0 Å². The van der Waals surface area contributed by atoms with Crippen LogP contribution in [0.15, 0.2) is 22.6 Å². The van der Waals surface area contributed by atoms with Gasteiger partial charge in [-0.2, -0.15) is 0 Å². The van der Waals surface area contributed by atoms with Gasteiger partial charge in [-0.1, -0.05) is 19.8 Å². The van der Waals surface area contributed by atoms with Crippen LogP contribution in [0.3, 0.4) is 0 Å². The van der Waals surface area contributed by atoms with Crippen molar-refractivity contribution in [1.29, 1.82) is 0 Å². The topological polar surface area (TPSA) is 75.4 Å². The van der Waals surface area contributed by atoms with E-state index in [-0.39, 0.29) is 0 Å². The summed E-state index contributed by atoms with van der Waals surface area (Å²) in [6.45, 7) is 3.53. The fourth-order valence-electron chi connectivity index (χ4n) is 3.92. The Labute approximate surface area is 159 Å². The molecule has 2 amide bonds. The molecule has 2 aliphatic rings. The lowest BCUT2D eigenvalue weighted by atomic mass is 9.96. The van der Waals surface area contributed by atoms with Crippen LogP contribution in [-0.2, 0) is 9.59 Å². The Morgan fingerprint density at radius 2 is 2.07 bits per heavy atom. The molecule has 1 aromatic heterocycles. The van der Waals surface area contributed by atoms with Gasteiger partial charge >= 0.3 is 11.8 Å². The molecule has 144 valence electrons. The third kappa shape index (κ3) is 4.15. The minimum Gasteiger partial charge on any atom is -0.440 e. The zero-order chi connectivity index (χ0) is 18.8. The van der Waals surface area contributed by atoms with E-state index < -0.39 is 11.8 Å². The van der Waals surface area contributed by atoms with Crippen LogP contribution in [0.4, 0.5) is 5.69 Å². The van der Waals surface area contributed by atoms with Crippen molar-refractivity contribution < 1.29 is 14.0 Å². The molecule has 1 aliphatic carbocycles. The van der Waals surface area contributed by atoms with Crippen molar-refractivity contribution in [2.24, 2.45) is 5.92 Å². The monoisotopic (exact) mass is 369 g/mol. The van der Waals surface area contributed by atoms with E-state index in [2.05, 4.69) is 17.2 Å². The molecule has 2 heterocycles. The van der Waals surface area contributed by atoms with Gasteiger partial charge in [0.25, 0.3) is 0 Å². The van der Waals surface area contributed by atoms with Gasteiger partial charge in [-0.05, 0) is 56.2 Å². The van der Waals surface area contributed by atoms with E-state index in [1.165, 1.54) is 12.8 Å². The number of carbonyl (C=O) groups is 2. The van der Waals surface area contributed by atoms with Gasteiger partial charge in [-0.15, -0.1) is 0 Å². The lowest BCUT2D eigenvalue weighted by Crippen LogP contribution is -2.40. The molecule has 0 unspecified atom stereocenters. The first-order valence-electron chi connectivity index (χ1n) is 10.1. The van der Waals surface area contributed by atoms with Crippen LogP contribution in [0.5, 0.6) is 0 Å². The standard InChI is InChI=1S/C21H27N3O3/c1-2-4-14-5-3-11-24(12-10-14)21(26)19(25)22-16-8-9-18-17(13-16)23-20(27-18)15-6-7-15/h8-9,13-15H,2-7,10-12H2,1H3,(H,22,25)/t14-/m0/s1. The molecule has 4 rings (SSSR count). The van der Waals surface area contributed by atoms with E-state index in [1.807, 2.05) is 0 Å². The molecule has 27 heavy (non-hydrogen) atoms. The molecule has 2 aromatic rings. The van der Waals surface area contributed by atoms with E-state index in [0.29, 0.717) is 30.6 Å². The smallest absolute Gasteiger partial charge is 0.313 e. The summed E-state index contributed by atoms with van der Waals surface area (Å²) in [6.07, 6.45) is 7.73. The summed E-state index contributed by atoms with van der Waals surface area (Å²) >= 11 is 0. The number of amides is 2. The summed E-state index contributed by atoms with van der Waals surface area (Å²) < 4.78 is 5.74. The molecule has 6 nitrogen and oxygen atoms in total. The quantitative estimate of drug-likeness (QED) is 0.824. The van der Waals surface area contributed by atoms with Gasteiger partial charge in [0.1, 0.15) is 5.52 Å². The number of hydrogen-bond donors (Lipinski definition) is 1. The number of rotatable bonds is 4. The van der Waals surface area contributed by atoms with Gasteiger partial charge < -0.3 is 14.6 Å². The van der Waals surface area contributed by atoms with Crippen molar-refractivity contribution in [3.05, 3.63) is 24.1 Å². The maximum atomic E-state index is 12.6. The van der Waals surface area contributed by atoms with E-state index in [4.69, 9.17) is 4.42 Å². The minimum atomic E-state index is -0.575. The van der Waals surface area contributed by atoms with E-state index in [1.54, 1.807) is 23.1 Å². The van der Waals surface area contributed by atoms with Crippen LogP contribution in [0.2, 0.25) is 0 Å². The predicted molar refractivity (Wildman–Crippen MR) is 103 cm³/mol. The maximum absolute atomic E-state index is 12.6. The first kappa shape index (κ1) is 18.0. The summed E-state index contributed by atoms with van der Waals surface area (Å²) in [5, 5.41) is 2.73. The SMILES string of the molecule is CCC[C@H]1CCCN(C(=O)C(=O)Nc2ccc3oc(C4CC4)nc3c2)CC1. The molecule has 1 atom stereocenters. The van der Waals surface area contributed by atoms with E-state index >= 15 is 0 Å². The summed E-state index contributed by atoms with van der Waals surface area (Å²) in [4.78, 5) is 31.2. The average Bonchev–Trinajstić information content (AvgIpc) is 3.46. The van der Waals surface area contributed by atoms with Crippen LogP contribution in [0.1, 0.15) is 63.7 Å². The Morgan fingerprint density at radius 1 is 1.22 bits per heavy atom. The number of aromatic nitrogens is 1. The summed E-state index contributed by atoms with van der Waals surface area (Å²) in [6, 6.07) is 5.33. The number of nitrogens with one attached hydrogen (secondary N) is 1. The van der Waals surface area contributed by atoms with Crippen LogP contribution in [0.25, 0.3) is 11.1 Å². The minimum absolute atomic E-state index is 0.439. The van der Waals surface area contributed by atoms with Crippen molar-refractivity contribution in [3.63, 3.8) is 0 Å². The normalized spacial score (nSPS) is 20.5. The molecule has 0 spiro atoms. The number of nitrogens with zero attached hydrogens (tertiary/aromatic N) is 2. The van der Waals surface area contributed by atoms with Gasteiger partial charge in [0.15, 0.2) is 11.5 Å². The van der Waals surface area contributed by atoms with E-state index in [0.717, 1.165) is 49.1 Å². The molecule has 1 saturated carbocycles. The highest BCUT2D eigenvalue weighted by Crippen LogP contribution is 2.40. The van der Waals surface area contributed by atoms with Gasteiger partial charge in [0, 0.05) is 24.7 Å². The molecular formula is C21H27N3O3. The van der Waals surface area contributed by atoms with Gasteiger partial charge in [-0.25, -0.2) is 4.98 Å². The lowest BCUT2D eigenvalue weighted by molar-refractivity contribution is -0.143. The molecule has 1 aliphatic heterocycles. The van der Waals surface area contributed by atoms with Crippen molar-refractivity contribution in [3.8, 4) is 0 Å². The Balaban J connectivity index is 1.39.